The Morgan fingerprint density at radius 3 is 2.30 bits per heavy atom. The van der Waals surface area contributed by atoms with Crippen LogP contribution in [0, 0.1) is 19.7 Å². The molecule has 0 saturated heterocycles. The van der Waals surface area contributed by atoms with Gasteiger partial charge in [0.25, 0.3) is 5.91 Å². The molecule has 30 heavy (non-hydrogen) atoms. The van der Waals surface area contributed by atoms with Gasteiger partial charge in [-0.1, -0.05) is 18.2 Å². The first-order chi connectivity index (χ1) is 14.5. The van der Waals surface area contributed by atoms with E-state index in [1.54, 1.807) is 31.4 Å². The van der Waals surface area contributed by atoms with E-state index in [0.717, 1.165) is 16.8 Å². The van der Waals surface area contributed by atoms with Crippen molar-refractivity contribution in [2.24, 2.45) is 0 Å². The summed E-state index contributed by atoms with van der Waals surface area (Å²) in [6.07, 6.45) is 0. The maximum atomic E-state index is 13.7. The molecule has 6 heteroatoms. The number of para-hydroxylation sites is 1. The number of carbonyl (C=O) groups is 1. The second kappa shape index (κ2) is 7.91. The predicted octanol–water partition coefficient (Wildman–Crippen LogP) is 5.31. The number of hydrogen-bond acceptors (Lipinski definition) is 4. The molecule has 0 aliphatic rings. The number of ether oxygens (including phenoxy) is 1. The Kier molecular flexibility index (Phi) is 5.14. The number of aryl methyl sites for hydroxylation is 2. The van der Waals surface area contributed by atoms with Crippen LogP contribution in [-0.4, -0.2) is 23.0 Å². The molecule has 4 aromatic rings. The number of aromatic nitrogens is 2. The standard InChI is InChI=1S/C24H20FN3O2/c1-14-5-4-6-15(2)21(14)28-24(29)23-22(16-7-10-18(30-3)11-8-16)27-20-13-17(25)9-12-19(20)26-23/h4-13H,1-3H3,(H,28,29). The number of amides is 1. The predicted molar refractivity (Wildman–Crippen MR) is 115 cm³/mol. The van der Waals surface area contributed by atoms with E-state index in [1.165, 1.54) is 18.2 Å². The molecule has 0 radical (unpaired) electrons. The van der Waals surface area contributed by atoms with Crippen LogP contribution in [0.1, 0.15) is 21.6 Å². The third-order valence-electron chi connectivity index (χ3n) is 4.92. The van der Waals surface area contributed by atoms with Gasteiger partial charge >= 0.3 is 0 Å². The summed E-state index contributed by atoms with van der Waals surface area (Å²) in [6, 6.07) is 17.1. The van der Waals surface area contributed by atoms with Crippen molar-refractivity contribution in [3.05, 3.63) is 83.3 Å². The van der Waals surface area contributed by atoms with Crippen LogP contribution in [0.5, 0.6) is 5.75 Å². The molecule has 0 saturated carbocycles. The lowest BCUT2D eigenvalue weighted by Crippen LogP contribution is -2.17. The van der Waals surface area contributed by atoms with E-state index < -0.39 is 5.82 Å². The molecule has 5 nitrogen and oxygen atoms in total. The van der Waals surface area contributed by atoms with Crippen LogP contribution in [0.15, 0.2) is 60.7 Å². The zero-order valence-corrected chi connectivity index (χ0v) is 16.9. The number of anilines is 1. The van der Waals surface area contributed by atoms with E-state index in [2.05, 4.69) is 15.3 Å². The zero-order valence-electron chi connectivity index (χ0n) is 16.9. The minimum Gasteiger partial charge on any atom is -0.497 e. The van der Waals surface area contributed by atoms with Gasteiger partial charge in [0, 0.05) is 17.3 Å². The van der Waals surface area contributed by atoms with Gasteiger partial charge < -0.3 is 10.1 Å². The molecule has 0 aliphatic heterocycles. The normalized spacial score (nSPS) is 10.8. The van der Waals surface area contributed by atoms with E-state index in [0.29, 0.717) is 28.0 Å². The minimum absolute atomic E-state index is 0.168. The summed E-state index contributed by atoms with van der Waals surface area (Å²) in [4.78, 5) is 22.3. The SMILES string of the molecule is COc1ccc(-c2nc3cc(F)ccc3nc2C(=O)Nc2c(C)cccc2C)cc1. The van der Waals surface area contributed by atoms with Crippen LogP contribution in [-0.2, 0) is 0 Å². The van der Waals surface area contributed by atoms with Crippen LogP contribution in [0.2, 0.25) is 0 Å². The van der Waals surface area contributed by atoms with Crippen LogP contribution in [0.4, 0.5) is 10.1 Å². The Bertz CT molecular complexity index is 1230. The number of hydrogen-bond donors (Lipinski definition) is 1. The summed E-state index contributed by atoms with van der Waals surface area (Å²) in [6.45, 7) is 3.86. The van der Waals surface area contributed by atoms with Crippen molar-refractivity contribution in [1.82, 2.24) is 9.97 Å². The average molecular weight is 401 g/mol. The lowest BCUT2D eigenvalue weighted by Gasteiger charge is -2.14. The summed E-state index contributed by atoms with van der Waals surface area (Å²) < 4.78 is 19.0. The van der Waals surface area contributed by atoms with E-state index in [9.17, 15) is 9.18 Å². The van der Waals surface area contributed by atoms with Crippen LogP contribution < -0.4 is 10.1 Å². The molecule has 1 amide bonds. The topological polar surface area (TPSA) is 64.1 Å². The smallest absolute Gasteiger partial charge is 0.276 e. The number of rotatable bonds is 4. The van der Waals surface area contributed by atoms with Crippen molar-refractivity contribution < 1.29 is 13.9 Å². The molecule has 1 aromatic heterocycles. The Balaban J connectivity index is 1.86. The molecule has 150 valence electrons. The quantitative estimate of drug-likeness (QED) is 0.503. The molecule has 4 rings (SSSR count). The molecular weight excluding hydrogens is 381 g/mol. The number of nitrogens with one attached hydrogen (secondary N) is 1. The Morgan fingerprint density at radius 1 is 0.933 bits per heavy atom. The fourth-order valence-corrected chi connectivity index (χ4v) is 3.32. The van der Waals surface area contributed by atoms with Crippen LogP contribution >= 0.6 is 0 Å². The molecule has 1 heterocycles. The molecular formula is C24H20FN3O2. The van der Waals surface area contributed by atoms with Gasteiger partial charge in [0.05, 0.1) is 18.1 Å². The van der Waals surface area contributed by atoms with Crippen LogP contribution in [0.25, 0.3) is 22.3 Å². The molecule has 0 bridgehead atoms. The molecule has 0 aliphatic carbocycles. The van der Waals surface area contributed by atoms with Gasteiger partial charge in [-0.05, 0) is 61.4 Å². The third kappa shape index (κ3) is 3.72. The van der Waals surface area contributed by atoms with E-state index in [1.807, 2.05) is 32.0 Å². The van der Waals surface area contributed by atoms with Gasteiger partial charge in [0.15, 0.2) is 5.69 Å². The van der Waals surface area contributed by atoms with Crippen molar-refractivity contribution >= 4 is 22.6 Å². The Hall–Kier alpha value is -3.80. The van der Waals surface area contributed by atoms with Gasteiger partial charge in [-0.2, -0.15) is 0 Å². The van der Waals surface area contributed by atoms with Crippen molar-refractivity contribution in [2.75, 3.05) is 12.4 Å². The van der Waals surface area contributed by atoms with Gasteiger partial charge in [-0.25, -0.2) is 14.4 Å². The number of benzene rings is 3. The summed E-state index contributed by atoms with van der Waals surface area (Å²) in [5.41, 5.74) is 4.69. The highest BCUT2D eigenvalue weighted by Gasteiger charge is 2.20. The van der Waals surface area contributed by atoms with Gasteiger partial charge in [-0.15, -0.1) is 0 Å². The van der Waals surface area contributed by atoms with Gasteiger partial charge in [0.2, 0.25) is 0 Å². The van der Waals surface area contributed by atoms with E-state index >= 15 is 0 Å². The maximum Gasteiger partial charge on any atom is 0.276 e. The molecule has 0 spiro atoms. The summed E-state index contributed by atoms with van der Waals surface area (Å²) in [5.74, 6) is -0.109. The highest BCUT2D eigenvalue weighted by atomic mass is 19.1. The average Bonchev–Trinajstić information content (AvgIpc) is 2.75. The second-order valence-electron chi connectivity index (χ2n) is 7.00. The fraction of sp³-hybridized carbons (Fsp3) is 0.125. The van der Waals surface area contributed by atoms with Crippen molar-refractivity contribution in [2.45, 2.75) is 13.8 Å². The third-order valence-corrected chi connectivity index (χ3v) is 4.92. The summed E-state index contributed by atoms with van der Waals surface area (Å²) >= 11 is 0. The zero-order chi connectivity index (χ0) is 21.3. The first kappa shape index (κ1) is 19.5. The Morgan fingerprint density at radius 2 is 1.63 bits per heavy atom. The van der Waals surface area contributed by atoms with Crippen molar-refractivity contribution in [3.8, 4) is 17.0 Å². The lowest BCUT2D eigenvalue weighted by atomic mass is 10.1. The number of halogens is 1. The van der Waals surface area contributed by atoms with E-state index in [-0.39, 0.29) is 11.6 Å². The number of nitrogens with zero attached hydrogens (tertiary/aromatic N) is 2. The molecule has 0 unspecified atom stereocenters. The highest BCUT2D eigenvalue weighted by molar-refractivity contribution is 6.08. The first-order valence-corrected chi connectivity index (χ1v) is 9.45. The molecule has 0 fully saturated rings. The van der Waals surface area contributed by atoms with Crippen LogP contribution in [0.3, 0.4) is 0 Å². The number of methoxy groups -OCH3 is 1. The van der Waals surface area contributed by atoms with Gasteiger partial charge in [-0.3, -0.25) is 4.79 Å². The van der Waals surface area contributed by atoms with Gasteiger partial charge in [0.1, 0.15) is 17.3 Å². The Labute approximate surface area is 173 Å². The number of fused-ring (bicyclic) bond motifs is 1. The highest BCUT2D eigenvalue weighted by Crippen LogP contribution is 2.27. The van der Waals surface area contributed by atoms with Crippen molar-refractivity contribution in [1.29, 1.82) is 0 Å². The fourth-order valence-electron chi connectivity index (χ4n) is 3.32. The first-order valence-electron chi connectivity index (χ1n) is 9.45. The molecule has 3 aromatic carbocycles. The van der Waals surface area contributed by atoms with E-state index in [4.69, 9.17) is 4.74 Å². The number of carbonyl (C=O) groups excluding carboxylic acids is 1. The second-order valence-corrected chi connectivity index (χ2v) is 7.00. The molecule has 0 atom stereocenters. The van der Waals surface area contributed by atoms with Crippen molar-refractivity contribution in [3.63, 3.8) is 0 Å². The maximum absolute atomic E-state index is 13.7. The lowest BCUT2D eigenvalue weighted by molar-refractivity contribution is 0.102. The summed E-state index contributed by atoms with van der Waals surface area (Å²) in [5, 5.41) is 2.96. The largest absolute Gasteiger partial charge is 0.497 e. The monoisotopic (exact) mass is 401 g/mol. The molecule has 1 N–H and O–H groups in total. The summed E-state index contributed by atoms with van der Waals surface area (Å²) in [7, 11) is 1.58. The minimum atomic E-state index is -0.412.